The minimum atomic E-state index is -0.478. The molecule has 0 unspecified atom stereocenters. The van der Waals surface area contributed by atoms with Crippen molar-refractivity contribution in [3.63, 3.8) is 0 Å². The molecule has 0 saturated heterocycles. The highest BCUT2D eigenvalue weighted by Gasteiger charge is 2.24. The van der Waals surface area contributed by atoms with Crippen LogP contribution < -0.4 is 4.74 Å². The summed E-state index contributed by atoms with van der Waals surface area (Å²) < 4.78 is 5.07. The summed E-state index contributed by atoms with van der Waals surface area (Å²) >= 11 is 0. The number of carbonyl (C=O) groups is 1. The van der Waals surface area contributed by atoms with Gasteiger partial charge in [0.15, 0.2) is 0 Å². The Kier molecular flexibility index (Phi) is 3.67. The van der Waals surface area contributed by atoms with Crippen LogP contribution in [0.15, 0.2) is 36.9 Å². The number of aldehydes is 1. The van der Waals surface area contributed by atoms with Gasteiger partial charge >= 0.3 is 0 Å². The van der Waals surface area contributed by atoms with Crippen molar-refractivity contribution in [2.24, 2.45) is 0 Å². The van der Waals surface area contributed by atoms with Crippen LogP contribution in [0, 0.1) is 0 Å². The molecule has 1 aromatic carbocycles. The minimum Gasteiger partial charge on any atom is -0.497 e. The molecule has 0 bridgehead atoms. The number of benzene rings is 1. The molecule has 0 amide bonds. The molecule has 2 heteroatoms. The highest BCUT2D eigenvalue weighted by Crippen LogP contribution is 2.27. The number of rotatable bonds is 5. The molecule has 15 heavy (non-hydrogen) atoms. The number of methoxy groups -OCH3 is 1. The molecular weight excluding hydrogens is 188 g/mol. The normalized spacial score (nSPS) is 14.0. The minimum absolute atomic E-state index is 0.478. The fraction of sp³-hybridized carbons (Fsp3) is 0.308. The van der Waals surface area contributed by atoms with Gasteiger partial charge in [0.1, 0.15) is 12.0 Å². The molecule has 2 nitrogen and oxygen atoms in total. The SMILES string of the molecule is C=CC[C@@](C)(C=O)c1ccc(OC)cc1. The Labute approximate surface area is 90.6 Å². The van der Waals surface area contributed by atoms with Gasteiger partial charge in [-0.3, -0.25) is 0 Å². The summed E-state index contributed by atoms with van der Waals surface area (Å²) in [6, 6.07) is 7.55. The van der Waals surface area contributed by atoms with E-state index in [2.05, 4.69) is 6.58 Å². The van der Waals surface area contributed by atoms with Gasteiger partial charge < -0.3 is 9.53 Å². The van der Waals surface area contributed by atoms with E-state index in [0.717, 1.165) is 17.6 Å². The summed E-state index contributed by atoms with van der Waals surface area (Å²) in [4.78, 5) is 11.1. The van der Waals surface area contributed by atoms with Crippen LogP contribution >= 0.6 is 0 Å². The first kappa shape index (κ1) is 11.5. The van der Waals surface area contributed by atoms with Gasteiger partial charge in [-0.05, 0) is 31.0 Å². The van der Waals surface area contributed by atoms with Gasteiger partial charge in [0.25, 0.3) is 0 Å². The van der Waals surface area contributed by atoms with E-state index in [0.29, 0.717) is 6.42 Å². The highest BCUT2D eigenvalue weighted by atomic mass is 16.5. The lowest BCUT2D eigenvalue weighted by atomic mass is 9.81. The molecule has 0 aromatic heterocycles. The summed E-state index contributed by atoms with van der Waals surface area (Å²) in [6.45, 7) is 5.58. The van der Waals surface area contributed by atoms with Gasteiger partial charge in [-0.15, -0.1) is 6.58 Å². The van der Waals surface area contributed by atoms with Crippen LogP contribution in [0.3, 0.4) is 0 Å². The zero-order valence-electron chi connectivity index (χ0n) is 9.19. The number of ether oxygens (including phenoxy) is 1. The zero-order valence-corrected chi connectivity index (χ0v) is 9.19. The van der Waals surface area contributed by atoms with E-state index in [1.54, 1.807) is 13.2 Å². The van der Waals surface area contributed by atoms with Crippen molar-refractivity contribution in [2.75, 3.05) is 7.11 Å². The van der Waals surface area contributed by atoms with Crippen LogP contribution in [0.1, 0.15) is 18.9 Å². The predicted octanol–water partition coefficient (Wildman–Crippen LogP) is 2.73. The van der Waals surface area contributed by atoms with Crippen molar-refractivity contribution in [1.29, 1.82) is 0 Å². The van der Waals surface area contributed by atoms with Crippen molar-refractivity contribution < 1.29 is 9.53 Å². The van der Waals surface area contributed by atoms with E-state index in [-0.39, 0.29) is 0 Å². The summed E-state index contributed by atoms with van der Waals surface area (Å²) in [5, 5.41) is 0. The van der Waals surface area contributed by atoms with Crippen molar-refractivity contribution in [3.8, 4) is 5.75 Å². The van der Waals surface area contributed by atoms with Crippen molar-refractivity contribution >= 4 is 6.29 Å². The molecule has 1 aromatic rings. The second kappa shape index (κ2) is 4.78. The lowest BCUT2D eigenvalue weighted by Gasteiger charge is -2.21. The Morgan fingerprint density at radius 2 is 2.00 bits per heavy atom. The Balaban J connectivity index is 3.01. The van der Waals surface area contributed by atoms with Gasteiger partial charge in [0.05, 0.1) is 12.5 Å². The molecule has 0 radical (unpaired) electrons. The fourth-order valence-electron chi connectivity index (χ4n) is 1.51. The van der Waals surface area contributed by atoms with Crippen molar-refractivity contribution in [1.82, 2.24) is 0 Å². The summed E-state index contributed by atoms with van der Waals surface area (Å²) in [6.07, 6.45) is 3.37. The second-order valence-corrected chi connectivity index (χ2v) is 3.76. The highest BCUT2D eigenvalue weighted by molar-refractivity contribution is 5.68. The Bertz CT molecular complexity index is 340. The smallest absolute Gasteiger partial charge is 0.130 e. The molecule has 0 aliphatic carbocycles. The quantitative estimate of drug-likeness (QED) is 0.544. The molecule has 80 valence electrons. The third-order valence-corrected chi connectivity index (χ3v) is 2.58. The van der Waals surface area contributed by atoms with Crippen LogP contribution in [0.5, 0.6) is 5.75 Å². The molecule has 0 fully saturated rings. The monoisotopic (exact) mass is 204 g/mol. The molecule has 0 heterocycles. The van der Waals surface area contributed by atoms with Crippen LogP contribution in [0.4, 0.5) is 0 Å². The van der Waals surface area contributed by atoms with E-state index in [1.165, 1.54) is 0 Å². The van der Waals surface area contributed by atoms with Crippen LogP contribution in [0.2, 0.25) is 0 Å². The van der Waals surface area contributed by atoms with Crippen LogP contribution in [-0.4, -0.2) is 13.4 Å². The molecule has 0 saturated carbocycles. The summed E-state index contributed by atoms with van der Waals surface area (Å²) in [7, 11) is 1.62. The second-order valence-electron chi connectivity index (χ2n) is 3.76. The first-order valence-electron chi connectivity index (χ1n) is 4.88. The van der Waals surface area contributed by atoms with E-state index in [4.69, 9.17) is 4.74 Å². The first-order valence-corrected chi connectivity index (χ1v) is 4.88. The third kappa shape index (κ3) is 2.46. The van der Waals surface area contributed by atoms with Gasteiger partial charge in [0, 0.05) is 0 Å². The zero-order chi connectivity index (χ0) is 11.3. The number of hydrogen-bond acceptors (Lipinski definition) is 2. The molecule has 0 N–H and O–H groups in total. The first-order chi connectivity index (χ1) is 7.16. The topological polar surface area (TPSA) is 26.3 Å². The Hall–Kier alpha value is -1.57. The largest absolute Gasteiger partial charge is 0.497 e. The molecule has 0 aliphatic heterocycles. The lowest BCUT2D eigenvalue weighted by Crippen LogP contribution is -2.22. The Morgan fingerprint density at radius 1 is 1.40 bits per heavy atom. The average molecular weight is 204 g/mol. The fourth-order valence-corrected chi connectivity index (χ4v) is 1.51. The van der Waals surface area contributed by atoms with Crippen LogP contribution in [0.25, 0.3) is 0 Å². The molecular formula is C13H16O2. The summed E-state index contributed by atoms with van der Waals surface area (Å²) in [5.74, 6) is 0.797. The lowest BCUT2D eigenvalue weighted by molar-refractivity contribution is -0.112. The number of hydrogen-bond donors (Lipinski definition) is 0. The number of allylic oxidation sites excluding steroid dienone is 1. The van der Waals surface area contributed by atoms with Gasteiger partial charge in [0.2, 0.25) is 0 Å². The number of carbonyl (C=O) groups excluding carboxylic acids is 1. The van der Waals surface area contributed by atoms with Crippen molar-refractivity contribution in [3.05, 3.63) is 42.5 Å². The van der Waals surface area contributed by atoms with Crippen LogP contribution in [-0.2, 0) is 10.2 Å². The Morgan fingerprint density at radius 3 is 2.40 bits per heavy atom. The maximum absolute atomic E-state index is 11.1. The molecule has 1 rings (SSSR count). The predicted molar refractivity (Wildman–Crippen MR) is 61.2 cm³/mol. The standard InChI is InChI=1S/C13H16O2/c1-4-9-13(2,10-14)11-5-7-12(15-3)8-6-11/h4-8,10H,1,9H2,2-3H3/t13-/m0/s1. The molecule has 0 aliphatic rings. The van der Waals surface area contributed by atoms with E-state index < -0.39 is 5.41 Å². The van der Waals surface area contributed by atoms with E-state index in [9.17, 15) is 4.79 Å². The summed E-state index contributed by atoms with van der Waals surface area (Å²) in [5.41, 5.74) is 0.506. The van der Waals surface area contributed by atoms with E-state index in [1.807, 2.05) is 31.2 Å². The van der Waals surface area contributed by atoms with E-state index >= 15 is 0 Å². The molecule has 1 atom stereocenters. The molecule has 0 spiro atoms. The maximum atomic E-state index is 11.1. The van der Waals surface area contributed by atoms with Gasteiger partial charge in [-0.2, -0.15) is 0 Å². The van der Waals surface area contributed by atoms with Gasteiger partial charge in [-0.25, -0.2) is 0 Å². The average Bonchev–Trinajstić information content (AvgIpc) is 2.29. The van der Waals surface area contributed by atoms with Gasteiger partial charge in [-0.1, -0.05) is 18.2 Å². The third-order valence-electron chi connectivity index (χ3n) is 2.58. The van der Waals surface area contributed by atoms with Crippen molar-refractivity contribution in [2.45, 2.75) is 18.8 Å². The maximum Gasteiger partial charge on any atom is 0.130 e.